The summed E-state index contributed by atoms with van der Waals surface area (Å²) < 4.78 is 5.59. The highest BCUT2D eigenvalue weighted by Gasteiger charge is 2.04. The second-order valence-electron chi connectivity index (χ2n) is 7.25. The first kappa shape index (κ1) is 24.0. The Balaban J connectivity index is 2.43. The summed E-state index contributed by atoms with van der Waals surface area (Å²) in [5, 5.41) is 9.52. The zero-order valence-corrected chi connectivity index (χ0v) is 18.0. The van der Waals surface area contributed by atoms with Gasteiger partial charge in [0.1, 0.15) is 0 Å². The van der Waals surface area contributed by atoms with Crippen molar-refractivity contribution in [3.8, 4) is 0 Å². The first-order valence-corrected chi connectivity index (χ1v) is 10.5. The first-order valence-electron chi connectivity index (χ1n) is 10.5. The molecule has 0 fully saturated rings. The number of ether oxygens (including phenoxy) is 1. The number of rotatable bonds is 13. The van der Waals surface area contributed by atoms with E-state index in [0.717, 1.165) is 63.6 Å². The summed E-state index contributed by atoms with van der Waals surface area (Å²) in [5.41, 5.74) is 1.76. The molecule has 1 aromatic rings. The van der Waals surface area contributed by atoms with Gasteiger partial charge in [-0.15, -0.1) is 0 Å². The van der Waals surface area contributed by atoms with E-state index in [2.05, 4.69) is 48.6 Å². The van der Waals surface area contributed by atoms with Gasteiger partial charge in [-0.3, -0.25) is 4.79 Å². The van der Waals surface area contributed by atoms with Crippen molar-refractivity contribution in [1.29, 1.82) is 0 Å². The van der Waals surface area contributed by atoms with Crippen molar-refractivity contribution in [2.75, 3.05) is 32.8 Å². The van der Waals surface area contributed by atoms with Crippen LogP contribution in [-0.4, -0.2) is 44.7 Å². The Morgan fingerprint density at radius 3 is 2.39 bits per heavy atom. The molecule has 158 valence electrons. The summed E-state index contributed by atoms with van der Waals surface area (Å²) in [5.74, 6) is 1.35. The lowest BCUT2D eigenvalue weighted by Crippen LogP contribution is -2.38. The van der Waals surface area contributed by atoms with Crippen LogP contribution in [0.3, 0.4) is 0 Å². The number of amides is 1. The molecule has 0 aliphatic carbocycles. The van der Waals surface area contributed by atoms with Crippen molar-refractivity contribution in [3.05, 3.63) is 35.4 Å². The van der Waals surface area contributed by atoms with E-state index in [1.54, 1.807) is 0 Å². The largest absolute Gasteiger partial charge is 0.381 e. The number of hydrogen-bond acceptors (Lipinski definition) is 3. The maximum Gasteiger partial charge on any atom is 0.251 e. The fourth-order valence-corrected chi connectivity index (χ4v) is 2.45. The lowest BCUT2D eigenvalue weighted by atomic mass is 10.1. The summed E-state index contributed by atoms with van der Waals surface area (Å²) in [7, 11) is 0. The standard InChI is InChI=1S/C22H38N4O2/c1-5-7-13-24-21(27)20-11-9-19(10-12-20)16-26-22(23-6-2)25-14-8-15-28-17-18(3)4/h9-12,18H,5-8,13-17H2,1-4H3,(H,24,27)(H2,23,25,26). The molecule has 0 saturated heterocycles. The van der Waals surface area contributed by atoms with Crippen LogP contribution in [0, 0.1) is 5.92 Å². The van der Waals surface area contributed by atoms with Crippen molar-refractivity contribution < 1.29 is 9.53 Å². The van der Waals surface area contributed by atoms with Crippen LogP contribution in [0.5, 0.6) is 0 Å². The normalized spacial score (nSPS) is 11.5. The summed E-state index contributed by atoms with van der Waals surface area (Å²) in [4.78, 5) is 16.7. The van der Waals surface area contributed by atoms with E-state index in [0.29, 0.717) is 18.0 Å². The number of guanidine groups is 1. The minimum atomic E-state index is -0.0156. The molecule has 6 nitrogen and oxygen atoms in total. The van der Waals surface area contributed by atoms with Gasteiger partial charge >= 0.3 is 0 Å². The summed E-state index contributed by atoms with van der Waals surface area (Å²) >= 11 is 0. The predicted octanol–water partition coefficient (Wildman–Crippen LogP) is 3.33. The fraction of sp³-hybridized carbons (Fsp3) is 0.636. The van der Waals surface area contributed by atoms with Crippen LogP contribution >= 0.6 is 0 Å². The molecule has 1 amide bonds. The molecule has 0 aromatic heterocycles. The Hall–Kier alpha value is -2.08. The second-order valence-corrected chi connectivity index (χ2v) is 7.25. The number of nitrogens with one attached hydrogen (secondary N) is 3. The molecule has 0 aliphatic heterocycles. The topological polar surface area (TPSA) is 74.8 Å². The highest BCUT2D eigenvalue weighted by molar-refractivity contribution is 5.94. The Kier molecular flexibility index (Phi) is 12.8. The Bertz CT molecular complexity index is 570. The van der Waals surface area contributed by atoms with Crippen molar-refractivity contribution in [2.45, 2.75) is 53.5 Å². The lowest BCUT2D eigenvalue weighted by molar-refractivity contribution is 0.0953. The third-order valence-electron chi connectivity index (χ3n) is 4.01. The van der Waals surface area contributed by atoms with E-state index < -0.39 is 0 Å². The third kappa shape index (κ3) is 10.9. The molecule has 0 heterocycles. The minimum absolute atomic E-state index is 0.0156. The Labute approximate surface area is 170 Å². The summed E-state index contributed by atoms with van der Waals surface area (Å²) in [6.45, 7) is 13.0. The molecule has 0 saturated carbocycles. The van der Waals surface area contributed by atoms with Crippen molar-refractivity contribution in [1.82, 2.24) is 16.0 Å². The molecular weight excluding hydrogens is 352 g/mol. The Morgan fingerprint density at radius 1 is 1.04 bits per heavy atom. The second kappa shape index (κ2) is 14.9. The third-order valence-corrected chi connectivity index (χ3v) is 4.01. The van der Waals surface area contributed by atoms with E-state index in [9.17, 15) is 4.79 Å². The SMILES string of the molecule is CCCCNC(=O)c1ccc(CN=C(NCC)NCCCOCC(C)C)cc1. The molecule has 0 bridgehead atoms. The molecular formula is C22H38N4O2. The van der Waals surface area contributed by atoms with Crippen LogP contribution in [0.4, 0.5) is 0 Å². The molecule has 6 heteroatoms. The lowest BCUT2D eigenvalue weighted by Gasteiger charge is -2.12. The molecule has 1 rings (SSSR count). The Morgan fingerprint density at radius 2 is 1.75 bits per heavy atom. The number of carbonyl (C=O) groups excluding carboxylic acids is 1. The molecule has 28 heavy (non-hydrogen) atoms. The average molecular weight is 391 g/mol. The van der Waals surface area contributed by atoms with Gasteiger partial charge in [-0.25, -0.2) is 4.99 Å². The summed E-state index contributed by atoms with van der Waals surface area (Å²) in [6, 6.07) is 7.64. The van der Waals surface area contributed by atoms with Gasteiger partial charge in [0.05, 0.1) is 6.54 Å². The maximum absolute atomic E-state index is 12.0. The number of unbranched alkanes of at least 4 members (excludes halogenated alkanes) is 1. The number of carbonyl (C=O) groups is 1. The van der Waals surface area contributed by atoms with Gasteiger partial charge in [0.15, 0.2) is 5.96 Å². The number of nitrogens with zero attached hydrogens (tertiary/aromatic N) is 1. The molecule has 0 aliphatic rings. The van der Waals surface area contributed by atoms with E-state index >= 15 is 0 Å². The van der Waals surface area contributed by atoms with Gasteiger partial charge in [-0.2, -0.15) is 0 Å². The van der Waals surface area contributed by atoms with Crippen LogP contribution in [0.2, 0.25) is 0 Å². The number of aliphatic imine (C=N–C) groups is 1. The van der Waals surface area contributed by atoms with Crippen LogP contribution in [0.15, 0.2) is 29.3 Å². The van der Waals surface area contributed by atoms with Crippen LogP contribution < -0.4 is 16.0 Å². The molecule has 0 spiro atoms. The molecule has 3 N–H and O–H groups in total. The van der Waals surface area contributed by atoms with Gasteiger partial charge in [0, 0.05) is 38.4 Å². The quantitative estimate of drug-likeness (QED) is 0.274. The predicted molar refractivity (Wildman–Crippen MR) is 117 cm³/mol. The van der Waals surface area contributed by atoms with Gasteiger partial charge < -0.3 is 20.7 Å². The van der Waals surface area contributed by atoms with Gasteiger partial charge in [-0.1, -0.05) is 39.3 Å². The van der Waals surface area contributed by atoms with Crippen LogP contribution in [-0.2, 0) is 11.3 Å². The monoisotopic (exact) mass is 390 g/mol. The van der Waals surface area contributed by atoms with Crippen molar-refractivity contribution in [3.63, 3.8) is 0 Å². The van der Waals surface area contributed by atoms with Crippen LogP contribution in [0.25, 0.3) is 0 Å². The number of hydrogen-bond donors (Lipinski definition) is 3. The van der Waals surface area contributed by atoms with Gasteiger partial charge in [-0.05, 0) is 43.4 Å². The zero-order chi connectivity index (χ0) is 20.6. The highest BCUT2D eigenvalue weighted by atomic mass is 16.5. The smallest absolute Gasteiger partial charge is 0.251 e. The molecule has 0 radical (unpaired) electrons. The molecule has 0 unspecified atom stereocenters. The van der Waals surface area contributed by atoms with Crippen molar-refractivity contribution >= 4 is 11.9 Å². The zero-order valence-electron chi connectivity index (χ0n) is 18.0. The van der Waals surface area contributed by atoms with E-state index in [1.165, 1.54) is 0 Å². The van der Waals surface area contributed by atoms with E-state index in [1.807, 2.05) is 24.3 Å². The summed E-state index contributed by atoms with van der Waals surface area (Å²) in [6.07, 6.45) is 3.02. The van der Waals surface area contributed by atoms with Crippen molar-refractivity contribution in [2.24, 2.45) is 10.9 Å². The molecule has 1 aromatic carbocycles. The van der Waals surface area contributed by atoms with E-state index in [4.69, 9.17) is 4.74 Å². The van der Waals surface area contributed by atoms with Gasteiger partial charge in [0.2, 0.25) is 0 Å². The number of benzene rings is 1. The minimum Gasteiger partial charge on any atom is -0.381 e. The average Bonchev–Trinajstić information content (AvgIpc) is 2.69. The van der Waals surface area contributed by atoms with Gasteiger partial charge in [0.25, 0.3) is 5.91 Å². The van der Waals surface area contributed by atoms with E-state index in [-0.39, 0.29) is 5.91 Å². The molecule has 0 atom stereocenters. The fourth-order valence-electron chi connectivity index (χ4n) is 2.45. The van der Waals surface area contributed by atoms with Crippen LogP contribution in [0.1, 0.15) is 62.9 Å². The first-order chi connectivity index (χ1) is 13.6. The highest BCUT2D eigenvalue weighted by Crippen LogP contribution is 2.06. The maximum atomic E-state index is 12.0.